The van der Waals surface area contributed by atoms with Gasteiger partial charge in [0.15, 0.2) is 17.7 Å². The molecule has 0 radical (unpaired) electrons. The number of fused-ring (bicyclic) bond motifs is 1. The fourth-order valence-electron chi connectivity index (χ4n) is 3.35. The molecule has 0 spiro atoms. The zero-order chi connectivity index (χ0) is 28.8. The van der Waals surface area contributed by atoms with Crippen LogP contribution in [0.2, 0.25) is 0 Å². The Kier molecular flexibility index (Phi) is 10.6. The largest absolute Gasteiger partial charge is 0.542 e. The summed E-state index contributed by atoms with van der Waals surface area (Å²) in [5.74, 6) is -3.62. The van der Waals surface area contributed by atoms with Gasteiger partial charge in [0.1, 0.15) is 53.7 Å². The van der Waals surface area contributed by atoms with Crippen LogP contribution in [0.1, 0.15) is 12.6 Å². The summed E-state index contributed by atoms with van der Waals surface area (Å²) in [5, 5.41) is 41.4. The number of aliphatic carboxylic acids is 2. The third-order valence-electron chi connectivity index (χ3n) is 5.25. The maximum absolute atomic E-state index is 11.4. The second-order valence-electron chi connectivity index (χ2n) is 8.02. The Morgan fingerprint density at radius 1 is 1.26 bits per heavy atom. The standard InChI is InChI=1S/C17H25N7O6S.C2HF3O2/c1-31(3-2-8(17(28)29)23-10(25)4-18)5-9-12(26)13(27)16(30-9)24-7-22-11-14(19)20-6-21-15(11)24;3-2(4,5)1(6)7/h6-9,12-13,16,26-27H,2-5,18H2,1H3,(H3-,19,20,21,23,25,28,29);(H,6,7)/t8-,9+,12+,13+,16+,31?;/m0./s1. The number of carboxylic acid groups (broad SMARTS) is 2. The average molecular weight is 570 g/mol. The quantitative estimate of drug-likeness (QED) is 0.160. The van der Waals surface area contributed by atoms with Crippen molar-refractivity contribution in [2.45, 2.75) is 43.2 Å². The van der Waals surface area contributed by atoms with E-state index in [0.717, 1.165) is 0 Å². The molecular weight excluding hydrogens is 543 g/mol. The first-order chi connectivity index (χ1) is 17.7. The molecule has 212 valence electrons. The number of alkyl halides is 3. The van der Waals surface area contributed by atoms with Crippen molar-refractivity contribution in [3.63, 3.8) is 0 Å². The minimum Gasteiger partial charge on any atom is -0.542 e. The highest BCUT2D eigenvalue weighted by Crippen LogP contribution is 2.32. The van der Waals surface area contributed by atoms with Gasteiger partial charge in [0, 0.05) is 6.42 Å². The van der Waals surface area contributed by atoms with Gasteiger partial charge in [-0.15, -0.1) is 0 Å². The first-order valence-electron chi connectivity index (χ1n) is 10.7. The molecule has 3 heterocycles. The summed E-state index contributed by atoms with van der Waals surface area (Å²) in [5.41, 5.74) is 11.7. The molecular formula is C19H26F3N7O8S. The number of hydrogen-bond acceptors (Lipinski definition) is 12. The summed E-state index contributed by atoms with van der Waals surface area (Å²) < 4.78 is 39.0. The number of aliphatic hydroxyl groups is 2. The highest BCUT2D eigenvalue weighted by molar-refractivity contribution is 7.96. The summed E-state index contributed by atoms with van der Waals surface area (Å²) in [6.45, 7) is -0.289. The van der Waals surface area contributed by atoms with Crippen molar-refractivity contribution < 1.29 is 52.7 Å². The number of nitrogens with one attached hydrogen (secondary N) is 1. The van der Waals surface area contributed by atoms with Gasteiger partial charge in [0.2, 0.25) is 5.91 Å². The normalized spacial score (nSPS) is 22.8. The van der Waals surface area contributed by atoms with Gasteiger partial charge in [-0.1, -0.05) is 0 Å². The molecule has 1 fully saturated rings. The molecule has 38 heavy (non-hydrogen) atoms. The highest BCUT2D eigenvalue weighted by atomic mass is 32.2. The first kappa shape index (κ1) is 31.0. The van der Waals surface area contributed by atoms with E-state index in [0.29, 0.717) is 22.7 Å². The number of amides is 1. The van der Waals surface area contributed by atoms with E-state index in [-0.39, 0.29) is 29.7 Å². The van der Waals surface area contributed by atoms with Crippen molar-refractivity contribution in [2.24, 2.45) is 5.73 Å². The van der Waals surface area contributed by atoms with Crippen LogP contribution in [-0.2, 0) is 30.0 Å². The van der Waals surface area contributed by atoms with Crippen LogP contribution in [0.4, 0.5) is 19.0 Å². The molecule has 0 saturated carbocycles. The van der Waals surface area contributed by atoms with Gasteiger partial charge >= 0.3 is 12.1 Å². The van der Waals surface area contributed by atoms with E-state index in [1.54, 1.807) is 0 Å². The first-order valence-corrected chi connectivity index (χ1v) is 12.7. The zero-order valence-corrected chi connectivity index (χ0v) is 20.6. The maximum atomic E-state index is 11.4. The van der Waals surface area contributed by atoms with E-state index in [4.69, 9.17) is 26.1 Å². The van der Waals surface area contributed by atoms with Crippen LogP contribution >= 0.6 is 0 Å². The molecule has 1 aliphatic rings. The minimum atomic E-state index is -5.19. The van der Waals surface area contributed by atoms with Crippen LogP contribution in [0.5, 0.6) is 0 Å². The van der Waals surface area contributed by atoms with Gasteiger partial charge < -0.3 is 46.7 Å². The summed E-state index contributed by atoms with van der Waals surface area (Å²) in [4.78, 5) is 43.6. The number of anilines is 1. The van der Waals surface area contributed by atoms with E-state index < -0.39 is 54.6 Å². The van der Waals surface area contributed by atoms with Crippen LogP contribution in [0.3, 0.4) is 0 Å². The number of imidazole rings is 1. The number of nitrogen functional groups attached to an aromatic ring is 1. The number of carbonyl (C=O) groups is 3. The number of carboxylic acids is 2. The molecule has 1 unspecified atom stereocenters. The second kappa shape index (κ2) is 13.0. The fraction of sp³-hybridized carbons (Fsp3) is 0.579. The second-order valence-corrected chi connectivity index (χ2v) is 10.3. The molecule has 6 atom stereocenters. The SMILES string of the molecule is C[S+](CC[C@H](NC(=O)CN)C(=O)O)C[C@H]1O[C@@H](n2cnc3c(N)ncnc32)[C@H](O)[C@@H]1O.O=C([O-])C(F)(F)F. The zero-order valence-electron chi connectivity index (χ0n) is 19.7. The predicted molar refractivity (Wildman–Crippen MR) is 123 cm³/mol. The molecule has 19 heteroatoms. The van der Waals surface area contributed by atoms with Gasteiger partial charge in [-0.25, -0.2) is 19.7 Å². The number of ether oxygens (including phenoxy) is 1. The number of aliphatic hydroxyl groups excluding tert-OH is 2. The topological polar surface area (TPSA) is 252 Å². The van der Waals surface area contributed by atoms with Crippen molar-refractivity contribution in [3.05, 3.63) is 12.7 Å². The molecule has 1 amide bonds. The van der Waals surface area contributed by atoms with E-state index in [2.05, 4.69) is 20.3 Å². The lowest BCUT2D eigenvalue weighted by Crippen LogP contribution is -2.44. The van der Waals surface area contributed by atoms with Crippen molar-refractivity contribution >= 4 is 45.7 Å². The van der Waals surface area contributed by atoms with E-state index >= 15 is 0 Å². The Hall–Kier alpha value is -3.26. The van der Waals surface area contributed by atoms with Crippen LogP contribution in [0.25, 0.3) is 11.2 Å². The Balaban J connectivity index is 0.000000638. The number of nitrogens with two attached hydrogens (primary N) is 2. The van der Waals surface area contributed by atoms with Crippen molar-refractivity contribution in [1.82, 2.24) is 24.8 Å². The monoisotopic (exact) mass is 569 g/mol. The fourth-order valence-corrected chi connectivity index (χ4v) is 4.99. The number of nitrogens with zero attached hydrogens (tertiary/aromatic N) is 4. The lowest BCUT2D eigenvalue weighted by molar-refractivity contribution is -0.344. The van der Waals surface area contributed by atoms with Crippen LogP contribution in [-0.4, -0.2) is 108 Å². The molecule has 8 N–H and O–H groups in total. The average Bonchev–Trinajstić information content (AvgIpc) is 3.38. The number of carbonyl (C=O) groups excluding carboxylic acids is 2. The van der Waals surface area contributed by atoms with E-state index in [1.165, 1.54) is 17.2 Å². The van der Waals surface area contributed by atoms with Crippen molar-refractivity contribution in [3.8, 4) is 0 Å². The van der Waals surface area contributed by atoms with E-state index in [9.17, 15) is 38.1 Å². The van der Waals surface area contributed by atoms with Crippen molar-refractivity contribution in [1.29, 1.82) is 0 Å². The summed E-state index contributed by atoms with van der Waals surface area (Å²) in [7, 11) is -0.354. The smallest absolute Gasteiger partial charge is 0.430 e. The van der Waals surface area contributed by atoms with Gasteiger partial charge in [0.05, 0.1) is 19.1 Å². The molecule has 1 aliphatic heterocycles. The van der Waals surface area contributed by atoms with Gasteiger partial charge in [0.25, 0.3) is 0 Å². The van der Waals surface area contributed by atoms with Crippen LogP contribution in [0, 0.1) is 0 Å². The van der Waals surface area contributed by atoms with Gasteiger partial charge in [-0.2, -0.15) is 13.2 Å². The summed E-state index contributed by atoms with van der Waals surface area (Å²) in [6.07, 6.45) is -4.34. The molecule has 1 saturated heterocycles. The molecule has 0 aromatic carbocycles. The van der Waals surface area contributed by atoms with Gasteiger partial charge in [-0.3, -0.25) is 9.36 Å². The molecule has 3 rings (SSSR count). The van der Waals surface area contributed by atoms with E-state index in [1.807, 2.05) is 6.26 Å². The Bertz CT molecular complexity index is 1140. The highest BCUT2D eigenvalue weighted by Gasteiger charge is 2.46. The lowest BCUT2D eigenvalue weighted by atomic mass is 10.1. The van der Waals surface area contributed by atoms with Crippen molar-refractivity contribution in [2.75, 3.05) is 30.0 Å². The number of aromatic nitrogens is 4. The Morgan fingerprint density at radius 2 is 1.89 bits per heavy atom. The number of rotatable bonds is 9. The molecule has 0 aliphatic carbocycles. The minimum absolute atomic E-state index is 0.193. The summed E-state index contributed by atoms with van der Waals surface area (Å²) in [6, 6.07) is -1.04. The summed E-state index contributed by atoms with van der Waals surface area (Å²) >= 11 is 0. The molecule has 15 nitrogen and oxygen atoms in total. The maximum Gasteiger partial charge on any atom is 0.430 e. The number of halogens is 3. The molecule has 2 aromatic heterocycles. The van der Waals surface area contributed by atoms with Crippen LogP contribution in [0.15, 0.2) is 12.7 Å². The Morgan fingerprint density at radius 3 is 2.45 bits per heavy atom. The number of hydrogen-bond donors (Lipinski definition) is 6. The molecule has 2 aromatic rings. The molecule has 0 bridgehead atoms. The Labute approximate surface area is 215 Å². The van der Waals surface area contributed by atoms with Gasteiger partial charge in [-0.05, 0) is 10.9 Å². The third kappa shape index (κ3) is 7.87. The third-order valence-corrected chi connectivity index (χ3v) is 7.08. The lowest BCUT2D eigenvalue weighted by Gasteiger charge is -2.16. The predicted octanol–water partition coefficient (Wildman–Crippen LogP) is -3.51. The van der Waals surface area contributed by atoms with Crippen LogP contribution < -0.4 is 21.9 Å².